The first kappa shape index (κ1) is 14.9. The molecular formula is C19H15FN2O. The number of anilines is 1. The average Bonchev–Trinajstić information content (AvgIpc) is 2.61. The second-order valence-corrected chi connectivity index (χ2v) is 5.08. The van der Waals surface area contributed by atoms with Crippen LogP contribution in [0.15, 0.2) is 79.0 Å². The standard InChI is InChI=1S/C19H15FN2O/c20-17-10-6-7-15(13-17)14-22(18-11-4-5-12-21-18)19(23)16-8-2-1-3-9-16/h1-13H,14H2. The van der Waals surface area contributed by atoms with Crippen molar-refractivity contribution >= 4 is 11.7 Å². The van der Waals surface area contributed by atoms with Crippen LogP contribution in [-0.4, -0.2) is 10.9 Å². The van der Waals surface area contributed by atoms with Crippen LogP contribution in [0, 0.1) is 5.82 Å². The molecule has 3 aromatic rings. The van der Waals surface area contributed by atoms with Crippen molar-refractivity contribution in [1.29, 1.82) is 0 Å². The molecule has 0 radical (unpaired) electrons. The summed E-state index contributed by atoms with van der Waals surface area (Å²) in [5.41, 5.74) is 1.27. The van der Waals surface area contributed by atoms with Crippen LogP contribution in [-0.2, 0) is 6.54 Å². The molecular weight excluding hydrogens is 291 g/mol. The van der Waals surface area contributed by atoms with Crippen molar-refractivity contribution < 1.29 is 9.18 Å². The Kier molecular flexibility index (Phi) is 4.43. The van der Waals surface area contributed by atoms with Crippen molar-refractivity contribution in [1.82, 2.24) is 4.98 Å². The minimum atomic E-state index is -0.323. The number of rotatable bonds is 4. The van der Waals surface area contributed by atoms with E-state index in [1.165, 1.54) is 12.1 Å². The number of aromatic nitrogens is 1. The van der Waals surface area contributed by atoms with E-state index in [-0.39, 0.29) is 18.3 Å². The van der Waals surface area contributed by atoms with Crippen LogP contribution in [0.25, 0.3) is 0 Å². The Hall–Kier alpha value is -3.01. The third kappa shape index (κ3) is 3.61. The molecule has 0 N–H and O–H groups in total. The maximum absolute atomic E-state index is 13.4. The fourth-order valence-electron chi connectivity index (χ4n) is 2.32. The second kappa shape index (κ2) is 6.83. The minimum Gasteiger partial charge on any atom is -0.288 e. The summed E-state index contributed by atoms with van der Waals surface area (Å²) in [6, 6.07) is 20.6. The van der Waals surface area contributed by atoms with Crippen molar-refractivity contribution in [3.63, 3.8) is 0 Å². The van der Waals surface area contributed by atoms with Crippen LogP contribution < -0.4 is 4.90 Å². The molecule has 23 heavy (non-hydrogen) atoms. The number of hydrogen-bond acceptors (Lipinski definition) is 2. The van der Waals surface area contributed by atoms with Gasteiger partial charge >= 0.3 is 0 Å². The molecule has 1 aromatic heterocycles. The molecule has 0 unspecified atom stereocenters. The fraction of sp³-hybridized carbons (Fsp3) is 0.0526. The highest BCUT2D eigenvalue weighted by Gasteiger charge is 2.19. The Morgan fingerprint density at radius 1 is 0.957 bits per heavy atom. The third-order valence-corrected chi connectivity index (χ3v) is 3.42. The lowest BCUT2D eigenvalue weighted by Crippen LogP contribution is -2.31. The maximum atomic E-state index is 13.4. The van der Waals surface area contributed by atoms with Gasteiger partial charge < -0.3 is 0 Å². The van der Waals surface area contributed by atoms with E-state index in [2.05, 4.69) is 4.98 Å². The number of amides is 1. The molecule has 2 aromatic carbocycles. The Balaban J connectivity index is 1.96. The Morgan fingerprint density at radius 3 is 2.43 bits per heavy atom. The van der Waals surface area contributed by atoms with Crippen LogP contribution >= 0.6 is 0 Å². The van der Waals surface area contributed by atoms with E-state index in [0.29, 0.717) is 16.9 Å². The van der Waals surface area contributed by atoms with Crippen molar-refractivity contribution in [2.24, 2.45) is 0 Å². The summed E-state index contributed by atoms with van der Waals surface area (Å²) >= 11 is 0. The van der Waals surface area contributed by atoms with Gasteiger partial charge in [0.1, 0.15) is 11.6 Å². The highest BCUT2D eigenvalue weighted by molar-refractivity contribution is 6.05. The molecule has 0 aliphatic carbocycles. The quantitative estimate of drug-likeness (QED) is 0.728. The van der Waals surface area contributed by atoms with E-state index in [1.54, 1.807) is 47.5 Å². The molecule has 0 atom stereocenters. The van der Waals surface area contributed by atoms with E-state index in [4.69, 9.17) is 0 Å². The van der Waals surface area contributed by atoms with E-state index in [1.807, 2.05) is 24.3 Å². The number of halogens is 1. The normalized spacial score (nSPS) is 10.3. The second-order valence-electron chi connectivity index (χ2n) is 5.08. The number of carbonyl (C=O) groups excluding carboxylic acids is 1. The zero-order valence-electron chi connectivity index (χ0n) is 12.4. The summed E-state index contributed by atoms with van der Waals surface area (Å²) < 4.78 is 13.4. The lowest BCUT2D eigenvalue weighted by atomic mass is 10.1. The lowest BCUT2D eigenvalue weighted by Gasteiger charge is -2.22. The summed E-state index contributed by atoms with van der Waals surface area (Å²) in [5.74, 6) is 0.0369. The molecule has 0 aliphatic rings. The van der Waals surface area contributed by atoms with Crippen molar-refractivity contribution in [3.05, 3.63) is 95.9 Å². The molecule has 1 amide bonds. The molecule has 0 fully saturated rings. The van der Waals surface area contributed by atoms with Crippen molar-refractivity contribution in [3.8, 4) is 0 Å². The highest BCUT2D eigenvalue weighted by atomic mass is 19.1. The molecule has 0 saturated heterocycles. The van der Waals surface area contributed by atoms with E-state index < -0.39 is 0 Å². The van der Waals surface area contributed by atoms with E-state index in [0.717, 1.165) is 0 Å². The van der Waals surface area contributed by atoms with Crippen LogP contribution in [0.5, 0.6) is 0 Å². The summed E-state index contributed by atoms with van der Waals surface area (Å²) in [6.07, 6.45) is 1.63. The maximum Gasteiger partial charge on any atom is 0.259 e. The largest absolute Gasteiger partial charge is 0.288 e. The Labute approximate surface area is 134 Å². The van der Waals surface area contributed by atoms with E-state index in [9.17, 15) is 9.18 Å². The van der Waals surface area contributed by atoms with Gasteiger partial charge in [0.2, 0.25) is 0 Å². The molecule has 3 rings (SSSR count). The molecule has 114 valence electrons. The molecule has 0 bridgehead atoms. The van der Waals surface area contributed by atoms with Gasteiger partial charge in [0.15, 0.2) is 0 Å². The molecule has 0 aliphatic heterocycles. The highest BCUT2D eigenvalue weighted by Crippen LogP contribution is 2.18. The molecule has 4 heteroatoms. The number of benzene rings is 2. The number of hydrogen-bond donors (Lipinski definition) is 0. The van der Waals surface area contributed by atoms with Crippen LogP contribution in [0.2, 0.25) is 0 Å². The lowest BCUT2D eigenvalue weighted by molar-refractivity contribution is 0.0984. The molecule has 3 nitrogen and oxygen atoms in total. The van der Waals surface area contributed by atoms with E-state index >= 15 is 0 Å². The number of nitrogens with zero attached hydrogens (tertiary/aromatic N) is 2. The minimum absolute atomic E-state index is 0.173. The topological polar surface area (TPSA) is 33.2 Å². The van der Waals surface area contributed by atoms with Gasteiger partial charge in [-0.2, -0.15) is 0 Å². The van der Waals surface area contributed by atoms with Gasteiger partial charge in [-0.1, -0.05) is 36.4 Å². The zero-order chi connectivity index (χ0) is 16.1. The monoisotopic (exact) mass is 306 g/mol. The molecule has 0 saturated carbocycles. The van der Waals surface area contributed by atoms with Crippen LogP contribution in [0.1, 0.15) is 15.9 Å². The Morgan fingerprint density at radius 2 is 1.74 bits per heavy atom. The predicted octanol–water partition coefficient (Wildman–Crippen LogP) is 4.07. The molecule has 1 heterocycles. The SMILES string of the molecule is O=C(c1ccccc1)N(Cc1cccc(F)c1)c1ccccn1. The van der Waals surface area contributed by atoms with Gasteiger partial charge in [0, 0.05) is 11.8 Å². The van der Waals surface area contributed by atoms with Gasteiger partial charge in [0.25, 0.3) is 5.91 Å². The van der Waals surface area contributed by atoms with Crippen LogP contribution in [0.4, 0.5) is 10.2 Å². The molecule has 0 spiro atoms. The fourth-order valence-corrected chi connectivity index (χ4v) is 2.32. The van der Waals surface area contributed by atoms with Crippen molar-refractivity contribution in [2.45, 2.75) is 6.54 Å². The predicted molar refractivity (Wildman–Crippen MR) is 87.6 cm³/mol. The third-order valence-electron chi connectivity index (χ3n) is 3.42. The smallest absolute Gasteiger partial charge is 0.259 e. The van der Waals surface area contributed by atoms with Gasteiger partial charge in [-0.25, -0.2) is 9.37 Å². The number of carbonyl (C=O) groups is 1. The first-order valence-electron chi connectivity index (χ1n) is 7.26. The zero-order valence-corrected chi connectivity index (χ0v) is 12.4. The summed E-state index contributed by atoms with van der Waals surface area (Å²) in [6.45, 7) is 0.252. The van der Waals surface area contributed by atoms with Crippen LogP contribution in [0.3, 0.4) is 0 Å². The summed E-state index contributed by atoms with van der Waals surface area (Å²) in [7, 11) is 0. The van der Waals surface area contributed by atoms with Gasteiger partial charge in [-0.15, -0.1) is 0 Å². The number of pyridine rings is 1. The Bertz CT molecular complexity index is 791. The summed E-state index contributed by atoms with van der Waals surface area (Å²) in [4.78, 5) is 18.6. The van der Waals surface area contributed by atoms with Gasteiger partial charge in [0.05, 0.1) is 6.54 Å². The first-order valence-corrected chi connectivity index (χ1v) is 7.26. The summed E-state index contributed by atoms with van der Waals surface area (Å²) in [5, 5.41) is 0. The van der Waals surface area contributed by atoms with Gasteiger partial charge in [-0.05, 0) is 42.0 Å². The van der Waals surface area contributed by atoms with Crippen molar-refractivity contribution in [2.75, 3.05) is 4.90 Å². The first-order chi connectivity index (χ1) is 11.2. The average molecular weight is 306 g/mol. The van der Waals surface area contributed by atoms with Gasteiger partial charge in [-0.3, -0.25) is 9.69 Å².